The van der Waals surface area contributed by atoms with Crippen LogP contribution in [0.3, 0.4) is 0 Å². The van der Waals surface area contributed by atoms with Crippen LogP contribution in [-0.4, -0.2) is 20.8 Å². The number of unbranched alkanes of at least 4 members (excludes halogenated alkanes) is 2. The minimum Gasteiger partial charge on any atom is -0.388 e. The maximum Gasteiger partial charge on any atom is 0.361 e. The van der Waals surface area contributed by atoms with Crippen LogP contribution >= 0.6 is 0 Å². The molecule has 3 heteroatoms. The molecule has 0 heterocycles. The van der Waals surface area contributed by atoms with Crippen LogP contribution in [0.15, 0.2) is 12.3 Å². The van der Waals surface area contributed by atoms with Gasteiger partial charge in [0.25, 0.3) is 0 Å². The summed E-state index contributed by atoms with van der Waals surface area (Å²) in [6.07, 6.45) is 9.96. The highest BCUT2D eigenvalue weighted by Crippen LogP contribution is 2.22. The zero-order valence-electron chi connectivity index (χ0n) is 14.4. The fraction of sp³-hybridized carbons (Fsp3) is 0.882. The van der Waals surface area contributed by atoms with Crippen LogP contribution < -0.4 is 0 Å². The summed E-state index contributed by atoms with van der Waals surface area (Å²) in [4.78, 5) is 0. The molecule has 0 aromatic rings. The predicted molar refractivity (Wildman–Crippen MR) is 91.2 cm³/mol. The van der Waals surface area contributed by atoms with E-state index in [1.165, 1.54) is 25.7 Å². The Morgan fingerprint density at radius 2 is 1.30 bits per heavy atom. The number of hydrogen-bond acceptors (Lipinski definition) is 2. The summed E-state index contributed by atoms with van der Waals surface area (Å²) in [5.74, 6) is 0. The van der Waals surface area contributed by atoms with Crippen molar-refractivity contribution in [2.75, 3.05) is 0 Å². The Hall–Kier alpha value is -0.123. The molecule has 0 aliphatic carbocycles. The van der Waals surface area contributed by atoms with Gasteiger partial charge in [-0.3, -0.25) is 0 Å². The summed E-state index contributed by atoms with van der Waals surface area (Å²) in [5, 5.41) is 0. The first-order chi connectivity index (χ1) is 9.55. The summed E-state index contributed by atoms with van der Waals surface area (Å²) in [7, 11) is -2.23. The lowest BCUT2D eigenvalue weighted by Gasteiger charge is -2.32. The van der Waals surface area contributed by atoms with Crippen LogP contribution in [0, 0.1) is 0 Å². The highest BCUT2D eigenvalue weighted by atomic mass is 28.4. The average Bonchev–Trinajstić information content (AvgIpc) is 2.47. The van der Waals surface area contributed by atoms with E-state index in [0.29, 0.717) is 12.2 Å². The molecule has 120 valence electrons. The Labute approximate surface area is 128 Å². The Morgan fingerprint density at radius 3 is 1.55 bits per heavy atom. The molecule has 0 aliphatic rings. The molecular weight excluding hydrogens is 264 g/mol. The predicted octanol–water partition coefficient (Wildman–Crippen LogP) is 5.75. The molecule has 0 spiro atoms. The first-order valence-electron chi connectivity index (χ1n) is 8.54. The third-order valence-electron chi connectivity index (χ3n) is 3.84. The monoisotopic (exact) mass is 300 g/mol. The molecule has 0 aromatic heterocycles. The maximum atomic E-state index is 6.35. The summed E-state index contributed by atoms with van der Waals surface area (Å²) in [6.45, 7) is 15.0. The van der Waals surface area contributed by atoms with Crippen LogP contribution in [0.1, 0.15) is 79.1 Å². The molecule has 0 N–H and O–H groups in total. The molecule has 2 nitrogen and oxygen atoms in total. The van der Waals surface area contributed by atoms with E-state index in [4.69, 9.17) is 8.85 Å². The van der Waals surface area contributed by atoms with Crippen LogP contribution in [0.25, 0.3) is 0 Å². The fourth-order valence-electron chi connectivity index (χ4n) is 2.34. The summed E-state index contributed by atoms with van der Waals surface area (Å²) < 4.78 is 12.7. The quantitative estimate of drug-likeness (QED) is 0.403. The molecule has 0 aliphatic heterocycles. The van der Waals surface area contributed by atoms with Crippen molar-refractivity contribution in [2.45, 2.75) is 97.8 Å². The average molecular weight is 301 g/mol. The third kappa shape index (κ3) is 8.23. The van der Waals surface area contributed by atoms with Crippen molar-refractivity contribution in [3.63, 3.8) is 0 Å². The Bertz CT molecular complexity index is 225. The molecule has 0 aromatic carbocycles. The molecule has 0 fully saturated rings. The first kappa shape index (κ1) is 19.9. The van der Waals surface area contributed by atoms with Gasteiger partial charge >= 0.3 is 8.56 Å². The lowest BCUT2D eigenvalue weighted by atomic mass is 10.1. The zero-order valence-corrected chi connectivity index (χ0v) is 15.4. The van der Waals surface area contributed by atoms with E-state index in [0.717, 1.165) is 25.7 Å². The zero-order chi connectivity index (χ0) is 15.4. The minimum atomic E-state index is -2.23. The van der Waals surface area contributed by atoms with Gasteiger partial charge in [-0.1, -0.05) is 53.4 Å². The molecule has 0 radical (unpaired) electrons. The van der Waals surface area contributed by atoms with E-state index in [9.17, 15) is 0 Å². The maximum absolute atomic E-state index is 6.35. The summed E-state index contributed by atoms with van der Waals surface area (Å²) in [6, 6.07) is 0. The third-order valence-corrected chi connectivity index (χ3v) is 6.19. The lowest BCUT2D eigenvalue weighted by Crippen LogP contribution is -2.43. The molecule has 2 unspecified atom stereocenters. The molecule has 0 saturated carbocycles. The van der Waals surface area contributed by atoms with Crippen molar-refractivity contribution in [3.05, 3.63) is 12.3 Å². The van der Waals surface area contributed by atoms with Gasteiger partial charge in [-0.15, -0.1) is 6.58 Å². The van der Waals surface area contributed by atoms with Crippen molar-refractivity contribution in [2.24, 2.45) is 0 Å². The van der Waals surface area contributed by atoms with Crippen molar-refractivity contribution < 1.29 is 8.85 Å². The van der Waals surface area contributed by atoms with Gasteiger partial charge in [-0.2, -0.15) is 0 Å². The Balaban J connectivity index is 4.51. The van der Waals surface area contributed by atoms with Gasteiger partial charge in [0.15, 0.2) is 0 Å². The largest absolute Gasteiger partial charge is 0.388 e. The molecular formula is C17H36O2Si. The van der Waals surface area contributed by atoms with Crippen LogP contribution in [0.5, 0.6) is 0 Å². The van der Waals surface area contributed by atoms with Crippen LogP contribution in [0.2, 0.25) is 6.55 Å². The minimum absolute atomic E-state index is 0.327. The summed E-state index contributed by atoms with van der Waals surface area (Å²) in [5.41, 5.74) is 1.95. The normalized spacial score (nSPS) is 17.4. The summed E-state index contributed by atoms with van der Waals surface area (Å²) >= 11 is 0. The van der Waals surface area contributed by atoms with Crippen molar-refractivity contribution >= 4 is 8.56 Å². The second-order valence-corrected chi connectivity index (χ2v) is 8.71. The van der Waals surface area contributed by atoms with Crippen molar-refractivity contribution in [1.29, 1.82) is 0 Å². The topological polar surface area (TPSA) is 18.5 Å². The van der Waals surface area contributed by atoms with Crippen LogP contribution in [-0.2, 0) is 8.85 Å². The second-order valence-electron chi connectivity index (χ2n) is 5.80. The van der Waals surface area contributed by atoms with E-state index in [2.05, 4.69) is 40.8 Å². The van der Waals surface area contributed by atoms with Gasteiger partial charge in [0.2, 0.25) is 0 Å². The van der Waals surface area contributed by atoms with Gasteiger partial charge in [-0.05, 0) is 37.9 Å². The number of rotatable bonds is 13. The van der Waals surface area contributed by atoms with E-state index in [-0.39, 0.29) is 0 Å². The number of hydrogen-bond donors (Lipinski definition) is 0. The standard InChI is InChI=1S/C17H36O2Si/c1-7-12-14-16(9-3)18-20(6,11-5)19-17(10-4)15-13-8-2/h11,16-17H,5,7-10,12-15H2,1-4,6H3. The molecule has 0 saturated heterocycles. The van der Waals surface area contributed by atoms with E-state index in [1.807, 2.05) is 5.70 Å². The molecule has 0 rings (SSSR count). The molecule has 0 bridgehead atoms. The molecule has 20 heavy (non-hydrogen) atoms. The van der Waals surface area contributed by atoms with Gasteiger partial charge in [-0.25, -0.2) is 0 Å². The Kier molecular flexibility index (Phi) is 11.5. The van der Waals surface area contributed by atoms with E-state index < -0.39 is 8.56 Å². The van der Waals surface area contributed by atoms with Crippen molar-refractivity contribution in [1.82, 2.24) is 0 Å². The highest BCUT2D eigenvalue weighted by Gasteiger charge is 2.33. The van der Waals surface area contributed by atoms with E-state index in [1.54, 1.807) is 0 Å². The Morgan fingerprint density at radius 1 is 0.900 bits per heavy atom. The van der Waals surface area contributed by atoms with Gasteiger partial charge in [0.1, 0.15) is 0 Å². The van der Waals surface area contributed by atoms with Crippen molar-refractivity contribution in [3.8, 4) is 0 Å². The molecule has 0 amide bonds. The SMILES string of the molecule is C=C[Si](C)(OC(CC)CCCC)OC(CC)CCCC. The van der Waals surface area contributed by atoms with E-state index >= 15 is 0 Å². The smallest absolute Gasteiger partial charge is 0.361 e. The highest BCUT2D eigenvalue weighted by molar-refractivity contribution is 6.71. The first-order valence-corrected chi connectivity index (χ1v) is 10.9. The van der Waals surface area contributed by atoms with Gasteiger partial charge in [0, 0.05) is 12.2 Å². The van der Waals surface area contributed by atoms with Crippen LogP contribution in [0.4, 0.5) is 0 Å². The lowest BCUT2D eigenvalue weighted by molar-refractivity contribution is 0.0755. The molecule has 2 atom stereocenters. The fourth-order valence-corrected chi connectivity index (χ4v) is 4.48. The van der Waals surface area contributed by atoms with Gasteiger partial charge in [0.05, 0.1) is 0 Å². The second kappa shape index (κ2) is 11.5. The van der Waals surface area contributed by atoms with Gasteiger partial charge < -0.3 is 8.85 Å².